The van der Waals surface area contributed by atoms with Gasteiger partial charge in [-0.1, -0.05) is 12.1 Å². The van der Waals surface area contributed by atoms with Crippen molar-refractivity contribution in [2.45, 2.75) is 6.54 Å². The van der Waals surface area contributed by atoms with E-state index in [2.05, 4.69) is 15.0 Å². The maximum atomic E-state index is 11.3. The molecule has 0 unspecified atom stereocenters. The first-order valence-corrected chi connectivity index (χ1v) is 6.97. The van der Waals surface area contributed by atoms with Crippen LogP contribution in [0.5, 0.6) is 0 Å². The van der Waals surface area contributed by atoms with Gasteiger partial charge in [0.15, 0.2) is 0 Å². The smallest absolute Gasteiger partial charge is 0.337 e. The number of methoxy groups -OCH3 is 1. The molecule has 5 nitrogen and oxygen atoms in total. The Hall–Kier alpha value is -1.43. The molecule has 0 radical (unpaired) electrons. The number of hydrogen-bond acceptors (Lipinski definition) is 5. The fourth-order valence-corrected chi connectivity index (χ4v) is 2.17. The van der Waals surface area contributed by atoms with Crippen LogP contribution in [0.1, 0.15) is 15.9 Å². The van der Waals surface area contributed by atoms with E-state index in [1.165, 1.54) is 12.7 Å². The van der Waals surface area contributed by atoms with Crippen LogP contribution in [-0.2, 0) is 16.0 Å². The molecule has 0 saturated carbocycles. The molecule has 5 heteroatoms. The summed E-state index contributed by atoms with van der Waals surface area (Å²) in [6.45, 7) is 6.54. The standard InChI is InChI=1S/C15H22N2O3/c1-19-15(18)14-4-2-13(3-5-14)12-16-6-7-17-8-10-20-11-9-17/h2-5,16H,6-12H2,1H3. The van der Waals surface area contributed by atoms with Crippen molar-refractivity contribution in [3.8, 4) is 0 Å². The van der Waals surface area contributed by atoms with Gasteiger partial charge in [-0.2, -0.15) is 0 Å². The minimum absolute atomic E-state index is 0.295. The summed E-state index contributed by atoms with van der Waals surface area (Å²) in [6, 6.07) is 7.50. The zero-order valence-electron chi connectivity index (χ0n) is 11.9. The normalized spacial score (nSPS) is 16.1. The lowest BCUT2D eigenvalue weighted by Crippen LogP contribution is -2.40. The van der Waals surface area contributed by atoms with Crippen LogP contribution in [0.3, 0.4) is 0 Å². The van der Waals surface area contributed by atoms with E-state index in [9.17, 15) is 4.79 Å². The Balaban J connectivity index is 1.67. The van der Waals surface area contributed by atoms with Crippen LogP contribution >= 0.6 is 0 Å². The van der Waals surface area contributed by atoms with Crippen molar-refractivity contribution in [2.24, 2.45) is 0 Å². The number of nitrogens with zero attached hydrogens (tertiary/aromatic N) is 1. The second kappa shape index (κ2) is 7.99. The Morgan fingerprint density at radius 1 is 1.30 bits per heavy atom. The molecular formula is C15H22N2O3. The van der Waals surface area contributed by atoms with Crippen LogP contribution in [0.15, 0.2) is 24.3 Å². The molecule has 1 aliphatic rings. The summed E-state index contributed by atoms with van der Waals surface area (Å²) < 4.78 is 9.99. The lowest BCUT2D eigenvalue weighted by atomic mass is 10.1. The van der Waals surface area contributed by atoms with Crippen LogP contribution in [-0.4, -0.2) is 57.4 Å². The summed E-state index contributed by atoms with van der Waals surface area (Å²) in [5, 5.41) is 3.41. The zero-order valence-corrected chi connectivity index (χ0v) is 11.9. The van der Waals surface area contributed by atoms with Crippen LogP contribution < -0.4 is 5.32 Å². The van der Waals surface area contributed by atoms with Crippen LogP contribution in [0, 0.1) is 0 Å². The summed E-state index contributed by atoms with van der Waals surface area (Å²) in [5.74, 6) is -0.295. The molecule has 0 amide bonds. The monoisotopic (exact) mass is 278 g/mol. The highest BCUT2D eigenvalue weighted by molar-refractivity contribution is 5.89. The molecule has 0 atom stereocenters. The molecule has 1 aliphatic heterocycles. The maximum Gasteiger partial charge on any atom is 0.337 e. The third kappa shape index (κ3) is 4.59. The highest BCUT2D eigenvalue weighted by Gasteiger charge is 2.09. The maximum absolute atomic E-state index is 11.3. The lowest BCUT2D eigenvalue weighted by molar-refractivity contribution is 0.0384. The Morgan fingerprint density at radius 2 is 2.00 bits per heavy atom. The molecule has 1 aromatic carbocycles. The van der Waals surface area contributed by atoms with E-state index in [1.54, 1.807) is 12.1 Å². The van der Waals surface area contributed by atoms with Gasteiger partial charge in [0.05, 0.1) is 25.9 Å². The Kier molecular flexibility index (Phi) is 5.98. The average Bonchev–Trinajstić information content (AvgIpc) is 2.52. The quantitative estimate of drug-likeness (QED) is 0.619. The fraction of sp³-hybridized carbons (Fsp3) is 0.533. The molecule has 110 valence electrons. The Bertz CT molecular complexity index is 414. The summed E-state index contributed by atoms with van der Waals surface area (Å²) in [4.78, 5) is 13.7. The van der Waals surface area contributed by atoms with E-state index in [-0.39, 0.29) is 5.97 Å². The van der Waals surface area contributed by atoms with E-state index < -0.39 is 0 Å². The number of morpholine rings is 1. The van der Waals surface area contributed by atoms with Gasteiger partial charge in [0, 0.05) is 32.7 Å². The number of ether oxygens (including phenoxy) is 2. The van der Waals surface area contributed by atoms with Crippen molar-refractivity contribution in [1.29, 1.82) is 0 Å². The van der Waals surface area contributed by atoms with Crippen LogP contribution in [0.2, 0.25) is 0 Å². The van der Waals surface area contributed by atoms with E-state index in [1.807, 2.05) is 12.1 Å². The van der Waals surface area contributed by atoms with Gasteiger partial charge in [-0.05, 0) is 17.7 Å². The van der Waals surface area contributed by atoms with Gasteiger partial charge in [-0.3, -0.25) is 4.90 Å². The van der Waals surface area contributed by atoms with E-state index in [0.29, 0.717) is 5.56 Å². The van der Waals surface area contributed by atoms with Crippen molar-refractivity contribution in [1.82, 2.24) is 10.2 Å². The first kappa shape index (κ1) is 15.0. The molecule has 0 aromatic heterocycles. The van der Waals surface area contributed by atoms with Gasteiger partial charge in [0.1, 0.15) is 0 Å². The van der Waals surface area contributed by atoms with E-state index in [4.69, 9.17) is 4.74 Å². The predicted octanol–water partition coefficient (Wildman–Crippen LogP) is 0.895. The van der Waals surface area contributed by atoms with Crippen molar-refractivity contribution in [3.63, 3.8) is 0 Å². The molecule has 20 heavy (non-hydrogen) atoms. The topological polar surface area (TPSA) is 50.8 Å². The largest absolute Gasteiger partial charge is 0.465 e. The van der Waals surface area contributed by atoms with Gasteiger partial charge in [0.25, 0.3) is 0 Å². The Labute approximate surface area is 119 Å². The molecule has 1 fully saturated rings. The number of rotatable bonds is 6. The third-order valence-electron chi connectivity index (χ3n) is 3.41. The summed E-state index contributed by atoms with van der Waals surface area (Å²) in [5.41, 5.74) is 1.75. The molecule has 2 rings (SSSR count). The number of esters is 1. The number of nitrogens with one attached hydrogen (secondary N) is 1. The molecule has 1 heterocycles. The molecular weight excluding hydrogens is 256 g/mol. The van der Waals surface area contributed by atoms with Crippen molar-refractivity contribution >= 4 is 5.97 Å². The molecule has 1 aromatic rings. The lowest BCUT2D eigenvalue weighted by Gasteiger charge is -2.26. The number of carbonyl (C=O) groups is 1. The SMILES string of the molecule is COC(=O)c1ccc(CNCCN2CCOCC2)cc1. The highest BCUT2D eigenvalue weighted by atomic mass is 16.5. The first-order chi connectivity index (χ1) is 9.79. The molecule has 0 bridgehead atoms. The zero-order chi connectivity index (χ0) is 14.2. The van der Waals surface area contributed by atoms with Crippen LogP contribution in [0.4, 0.5) is 0 Å². The average molecular weight is 278 g/mol. The first-order valence-electron chi connectivity index (χ1n) is 6.97. The molecule has 1 saturated heterocycles. The van der Waals surface area contributed by atoms with Gasteiger partial charge < -0.3 is 14.8 Å². The Morgan fingerprint density at radius 3 is 2.65 bits per heavy atom. The van der Waals surface area contributed by atoms with Crippen molar-refractivity contribution in [3.05, 3.63) is 35.4 Å². The van der Waals surface area contributed by atoms with Crippen molar-refractivity contribution < 1.29 is 14.3 Å². The van der Waals surface area contributed by atoms with Gasteiger partial charge in [-0.15, -0.1) is 0 Å². The fourth-order valence-electron chi connectivity index (χ4n) is 2.17. The van der Waals surface area contributed by atoms with E-state index >= 15 is 0 Å². The second-order valence-electron chi connectivity index (χ2n) is 4.82. The third-order valence-corrected chi connectivity index (χ3v) is 3.41. The molecule has 1 N–H and O–H groups in total. The number of hydrogen-bond donors (Lipinski definition) is 1. The minimum atomic E-state index is -0.295. The van der Waals surface area contributed by atoms with Gasteiger partial charge in [-0.25, -0.2) is 4.79 Å². The summed E-state index contributed by atoms with van der Waals surface area (Å²) >= 11 is 0. The van der Waals surface area contributed by atoms with Gasteiger partial charge >= 0.3 is 5.97 Å². The minimum Gasteiger partial charge on any atom is -0.465 e. The molecule has 0 spiro atoms. The number of carbonyl (C=O) groups excluding carboxylic acids is 1. The summed E-state index contributed by atoms with van der Waals surface area (Å²) in [6.07, 6.45) is 0. The van der Waals surface area contributed by atoms with Gasteiger partial charge in [0.2, 0.25) is 0 Å². The highest BCUT2D eigenvalue weighted by Crippen LogP contribution is 2.05. The predicted molar refractivity (Wildman–Crippen MR) is 76.7 cm³/mol. The van der Waals surface area contributed by atoms with E-state index in [0.717, 1.165) is 45.9 Å². The summed E-state index contributed by atoms with van der Waals surface area (Å²) in [7, 11) is 1.39. The van der Waals surface area contributed by atoms with Crippen molar-refractivity contribution in [2.75, 3.05) is 46.5 Å². The number of benzene rings is 1. The van der Waals surface area contributed by atoms with Crippen LogP contribution in [0.25, 0.3) is 0 Å². The second-order valence-corrected chi connectivity index (χ2v) is 4.82. The molecule has 0 aliphatic carbocycles.